The molecule has 1 aromatic carbocycles. The van der Waals surface area contributed by atoms with Crippen molar-refractivity contribution < 1.29 is 18.0 Å². The minimum absolute atomic E-state index is 0. The molecule has 156 valence electrons. The van der Waals surface area contributed by atoms with Crippen molar-refractivity contribution in [2.45, 2.75) is 43.4 Å². The predicted octanol–water partition coefficient (Wildman–Crippen LogP) is 4.60. The van der Waals surface area contributed by atoms with Gasteiger partial charge in [0.25, 0.3) is 0 Å². The number of amides is 1. The molecule has 0 saturated carbocycles. The predicted molar refractivity (Wildman–Crippen MR) is 107 cm³/mol. The Kier molecular flexibility index (Phi) is 5.92. The number of hydrogen-bond acceptors (Lipinski definition) is 3. The van der Waals surface area contributed by atoms with E-state index >= 15 is 0 Å². The molecule has 4 rings (SSSR count). The van der Waals surface area contributed by atoms with E-state index in [4.69, 9.17) is 0 Å². The van der Waals surface area contributed by atoms with Gasteiger partial charge in [-0.2, -0.15) is 13.2 Å². The van der Waals surface area contributed by atoms with Crippen LogP contribution in [0.2, 0.25) is 0 Å². The molecule has 29 heavy (non-hydrogen) atoms. The van der Waals surface area contributed by atoms with Crippen LogP contribution in [0.25, 0.3) is 11.1 Å². The summed E-state index contributed by atoms with van der Waals surface area (Å²) in [6.07, 6.45) is 0.704. The SMILES string of the molecule is CN1CCC[C@]2(CC[C@@H](c3cc(-c4ccc(C(F)(F)F)cc4)ccn3)N2)C1=O.Cl. The minimum Gasteiger partial charge on any atom is -0.344 e. The van der Waals surface area contributed by atoms with Crippen molar-refractivity contribution in [1.82, 2.24) is 15.2 Å². The lowest BCUT2D eigenvalue weighted by molar-refractivity contribution is -0.140. The third-order valence-electron chi connectivity index (χ3n) is 5.85. The van der Waals surface area contributed by atoms with Gasteiger partial charge in [0.2, 0.25) is 5.91 Å². The normalized spacial score (nSPS) is 24.6. The van der Waals surface area contributed by atoms with Crippen molar-refractivity contribution in [3.63, 3.8) is 0 Å². The topological polar surface area (TPSA) is 45.2 Å². The summed E-state index contributed by atoms with van der Waals surface area (Å²) >= 11 is 0. The number of hydrogen-bond donors (Lipinski definition) is 1. The number of alkyl halides is 3. The second-order valence-corrected chi connectivity index (χ2v) is 7.69. The van der Waals surface area contributed by atoms with Crippen molar-refractivity contribution in [3.8, 4) is 11.1 Å². The third-order valence-corrected chi connectivity index (χ3v) is 5.85. The molecule has 4 nitrogen and oxygen atoms in total. The van der Waals surface area contributed by atoms with Crippen LogP contribution < -0.4 is 5.32 Å². The molecule has 2 aromatic rings. The highest BCUT2D eigenvalue weighted by Crippen LogP contribution is 2.39. The first kappa shape index (κ1) is 21.6. The maximum absolute atomic E-state index is 12.8. The minimum atomic E-state index is -4.34. The lowest BCUT2D eigenvalue weighted by Gasteiger charge is -2.38. The van der Waals surface area contributed by atoms with Crippen molar-refractivity contribution >= 4 is 18.3 Å². The van der Waals surface area contributed by atoms with Crippen LogP contribution in [0.1, 0.15) is 43.0 Å². The summed E-state index contributed by atoms with van der Waals surface area (Å²) in [5.41, 5.74) is 1.16. The molecule has 0 unspecified atom stereocenters. The fourth-order valence-electron chi connectivity index (χ4n) is 4.32. The molecular formula is C21H23ClF3N3O. The van der Waals surface area contributed by atoms with E-state index in [-0.39, 0.29) is 24.4 Å². The van der Waals surface area contributed by atoms with Crippen molar-refractivity contribution in [1.29, 1.82) is 0 Å². The van der Waals surface area contributed by atoms with Gasteiger partial charge in [0.1, 0.15) is 0 Å². The zero-order chi connectivity index (χ0) is 19.9. The summed E-state index contributed by atoms with van der Waals surface area (Å²) < 4.78 is 38.3. The highest BCUT2D eigenvalue weighted by molar-refractivity contribution is 5.87. The molecule has 3 heterocycles. The second kappa shape index (κ2) is 7.95. The van der Waals surface area contributed by atoms with E-state index < -0.39 is 17.3 Å². The van der Waals surface area contributed by atoms with E-state index in [0.29, 0.717) is 5.56 Å². The maximum atomic E-state index is 12.8. The van der Waals surface area contributed by atoms with Gasteiger partial charge in [0.05, 0.1) is 22.8 Å². The first-order chi connectivity index (χ1) is 13.3. The highest BCUT2D eigenvalue weighted by atomic mass is 35.5. The van der Waals surface area contributed by atoms with Gasteiger partial charge in [0.15, 0.2) is 0 Å². The lowest BCUT2D eigenvalue weighted by atomic mass is 9.87. The zero-order valence-corrected chi connectivity index (χ0v) is 16.8. The summed E-state index contributed by atoms with van der Waals surface area (Å²) in [5, 5.41) is 3.51. The monoisotopic (exact) mass is 425 g/mol. The van der Waals surface area contributed by atoms with E-state index in [1.54, 1.807) is 17.2 Å². The van der Waals surface area contributed by atoms with Crippen LogP contribution >= 0.6 is 12.4 Å². The van der Waals surface area contributed by atoms with E-state index in [1.165, 1.54) is 12.1 Å². The van der Waals surface area contributed by atoms with Crippen LogP contribution in [0, 0.1) is 0 Å². The molecule has 1 amide bonds. The van der Waals surface area contributed by atoms with Crippen molar-refractivity contribution in [2.75, 3.05) is 13.6 Å². The summed E-state index contributed by atoms with van der Waals surface area (Å²) in [6.45, 7) is 0.786. The molecule has 1 spiro atoms. The number of pyridine rings is 1. The van der Waals surface area contributed by atoms with E-state index in [0.717, 1.165) is 55.6 Å². The van der Waals surface area contributed by atoms with Crippen molar-refractivity contribution in [2.24, 2.45) is 0 Å². The van der Waals surface area contributed by atoms with E-state index in [9.17, 15) is 18.0 Å². The Morgan fingerprint density at radius 3 is 2.55 bits per heavy atom. The molecule has 0 radical (unpaired) electrons. The smallest absolute Gasteiger partial charge is 0.344 e. The Hall–Kier alpha value is -2.12. The van der Waals surface area contributed by atoms with Gasteiger partial charge >= 0.3 is 6.18 Å². The Balaban J connectivity index is 0.00000240. The quantitative estimate of drug-likeness (QED) is 0.764. The van der Waals surface area contributed by atoms with Gasteiger partial charge < -0.3 is 4.90 Å². The van der Waals surface area contributed by atoms with Crippen LogP contribution in [0.3, 0.4) is 0 Å². The molecule has 2 atom stereocenters. The summed E-state index contributed by atoms with van der Waals surface area (Å²) in [5.74, 6) is 0.139. The van der Waals surface area contributed by atoms with Crippen LogP contribution in [0.5, 0.6) is 0 Å². The van der Waals surface area contributed by atoms with Crippen LogP contribution in [0.4, 0.5) is 13.2 Å². The first-order valence-corrected chi connectivity index (χ1v) is 9.45. The fourth-order valence-corrected chi connectivity index (χ4v) is 4.32. The largest absolute Gasteiger partial charge is 0.416 e. The molecule has 1 aromatic heterocycles. The maximum Gasteiger partial charge on any atom is 0.416 e. The number of carbonyl (C=O) groups excluding carboxylic acids is 1. The number of rotatable bonds is 2. The van der Waals surface area contributed by atoms with Crippen LogP contribution in [-0.2, 0) is 11.0 Å². The van der Waals surface area contributed by atoms with Gasteiger partial charge in [0, 0.05) is 19.8 Å². The summed E-state index contributed by atoms with van der Waals surface area (Å²) in [7, 11) is 1.84. The van der Waals surface area contributed by atoms with Gasteiger partial charge in [-0.05, 0) is 61.1 Å². The molecule has 2 saturated heterocycles. The summed E-state index contributed by atoms with van der Waals surface area (Å²) in [6, 6.07) is 8.79. The molecule has 8 heteroatoms. The molecular weight excluding hydrogens is 403 g/mol. The zero-order valence-electron chi connectivity index (χ0n) is 16.0. The molecule has 2 aliphatic rings. The Labute approximate surface area is 173 Å². The number of halogens is 4. The van der Waals surface area contributed by atoms with Crippen LogP contribution in [-0.4, -0.2) is 34.9 Å². The average molecular weight is 426 g/mol. The Morgan fingerprint density at radius 1 is 1.14 bits per heavy atom. The number of piperidine rings is 1. The number of likely N-dealkylation sites (tertiary alicyclic amines) is 1. The van der Waals surface area contributed by atoms with Gasteiger partial charge in [-0.15, -0.1) is 12.4 Å². The Morgan fingerprint density at radius 2 is 1.86 bits per heavy atom. The number of nitrogens with one attached hydrogen (secondary N) is 1. The van der Waals surface area contributed by atoms with Gasteiger partial charge in [-0.25, -0.2) is 0 Å². The highest BCUT2D eigenvalue weighted by Gasteiger charge is 2.48. The van der Waals surface area contributed by atoms with Gasteiger partial charge in [-0.3, -0.25) is 15.1 Å². The number of benzene rings is 1. The van der Waals surface area contributed by atoms with Crippen molar-refractivity contribution in [3.05, 3.63) is 53.9 Å². The van der Waals surface area contributed by atoms with E-state index in [2.05, 4.69) is 10.3 Å². The standard InChI is InChI=1S/C21H22F3N3O.ClH/c1-27-12-2-9-20(19(27)28)10-7-17(26-20)18-13-15(8-11-25-18)14-3-5-16(6-4-14)21(22,23)24;/h3-6,8,11,13,17,26H,2,7,9-10,12H2,1H3;1H/t17-,20-;/m0./s1. The summed E-state index contributed by atoms with van der Waals surface area (Å²) in [4.78, 5) is 18.9. The Bertz CT molecular complexity index is 887. The molecule has 2 fully saturated rings. The third kappa shape index (κ3) is 4.12. The van der Waals surface area contributed by atoms with Crippen LogP contribution in [0.15, 0.2) is 42.6 Å². The molecule has 1 N–H and O–H groups in total. The first-order valence-electron chi connectivity index (χ1n) is 9.45. The molecule has 2 aliphatic heterocycles. The fraction of sp³-hybridized carbons (Fsp3) is 0.429. The van der Waals surface area contributed by atoms with Gasteiger partial charge in [-0.1, -0.05) is 12.1 Å². The second-order valence-electron chi connectivity index (χ2n) is 7.69. The van der Waals surface area contributed by atoms with E-state index in [1.807, 2.05) is 13.1 Å². The molecule has 0 bridgehead atoms. The lowest BCUT2D eigenvalue weighted by Crippen LogP contribution is -2.57. The number of carbonyl (C=O) groups is 1. The number of nitrogens with zero attached hydrogens (tertiary/aromatic N) is 2. The molecule has 0 aliphatic carbocycles. The number of likely N-dealkylation sites (N-methyl/N-ethyl adjacent to an activating group) is 1. The average Bonchev–Trinajstić information content (AvgIpc) is 3.11. The number of aromatic nitrogens is 1.